The summed E-state index contributed by atoms with van der Waals surface area (Å²) in [5, 5.41) is 15.5. The average molecular weight is 288 g/mol. The summed E-state index contributed by atoms with van der Waals surface area (Å²) in [5.74, 6) is 0. The molecule has 2 aromatic heterocycles. The number of sulfonamides is 1. The van der Waals surface area contributed by atoms with Gasteiger partial charge in [0.25, 0.3) is 10.0 Å². The molecule has 2 heterocycles. The van der Waals surface area contributed by atoms with Gasteiger partial charge in [-0.25, -0.2) is 18.1 Å². The largest absolute Gasteiger partial charge is 0.392 e. The maximum Gasteiger partial charge on any atom is 0.258 e. The molecule has 18 heavy (non-hydrogen) atoms. The first-order valence-corrected chi connectivity index (χ1v) is 7.37. The zero-order valence-electron chi connectivity index (χ0n) is 9.54. The van der Waals surface area contributed by atoms with Gasteiger partial charge in [-0.15, -0.1) is 11.3 Å². The summed E-state index contributed by atoms with van der Waals surface area (Å²) >= 11 is 1.42. The number of aryl methyl sites for hydroxylation is 1. The third-order valence-corrected chi connectivity index (χ3v) is 4.53. The summed E-state index contributed by atoms with van der Waals surface area (Å²) in [6.45, 7) is 1.63. The Kier molecular flexibility index (Phi) is 3.76. The van der Waals surface area contributed by atoms with E-state index in [1.807, 2.05) is 6.92 Å². The molecule has 0 radical (unpaired) electrons. The smallest absolute Gasteiger partial charge is 0.258 e. The van der Waals surface area contributed by atoms with Crippen LogP contribution in [-0.2, 0) is 23.2 Å². The maximum absolute atomic E-state index is 11.9. The molecule has 0 saturated heterocycles. The lowest BCUT2D eigenvalue weighted by molar-refractivity contribution is 0.278. The van der Waals surface area contributed by atoms with Gasteiger partial charge in [0.1, 0.15) is 5.01 Å². The Labute approximate surface area is 108 Å². The third-order valence-electron chi connectivity index (χ3n) is 2.20. The van der Waals surface area contributed by atoms with Gasteiger partial charge >= 0.3 is 0 Å². The molecule has 9 heteroatoms. The van der Waals surface area contributed by atoms with Crippen LogP contribution in [0.3, 0.4) is 0 Å². The van der Waals surface area contributed by atoms with E-state index in [1.165, 1.54) is 17.5 Å². The van der Waals surface area contributed by atoms with E-state index in [-0.39, 0.29) is 23.7 Å². The molecular formula is C9H12N4O3S2. The van der Waals surface area contributed by atoms with Gasteiger partial charge in [0.05, 0.1) is 19.3 Å². The zero-order valence-corrected chi connectivity index (χ0v) is 11.2. The fourth-order valence-corrected chi connectivity index (χ4v) is 3.28. The number of aliphatic hydroxyl groups excluding tert-OH is 1. The summed E-state index contributed by atoms with van der Waals surface area (Å²) in [6.07, 6.45) is 2.96. The van der Waals surface area contributed by atoms with Crippen molar-refractivity contribution in [3.63, 3.8) is 0 Å². The van der Waals surface area contributed by atoms with Crippen molar-refractivity contribution in [1.29, 1.82) is 0 Å². The first-order chi connectivity index (χ1) is 8.53. The topological polar surface area (TPSA) is 108 Å². The van der Waals surface area contributed by atoms with Crippen molar-refractivity contribution in [2.24, 2.45) is 0 Å². The molecule has 98 valence electrons. The molecule has 0 aliphatic rings. The zero-order chi connectivity index (χ0) is 13.2. The second-order valence-corrected chi connectivity index (χ2v) is 6.59. The summed E-state index contributed by atoms with van der Waals surface area (Å²) in [6, 6.07) is 0. The van der Waals surface area contributed by atoms with Crippen LogP contribution < -0.4 is 4.72 Å². The van der Waals surface area contributed by atoms with Crippen LogP contribution in [0.25, 0.3) is 0 Å². The van der Waals surface area contributed by atoms with E-state index in [0.29, 0.717) is 5.01 Å². The van der Waals surface area contributed by atoms with Crippen LogP contribution in [-0.4, -0.2) is 28.7 Å². The number of aromatic nitrogens is 3. The van der Waals surface area contributed by atoms with Gasteiger partial charge in [0, 0.05) is 16.6 Å². The first kappa shape index (κ1) is 13.1. The van der Waals surface area contributed by atoms with Crippen molar-refractivity contribution in [1.82, 2.24) is 19.9 Å². The number of hydrogen-bond donors (Lipinski definition) is 3. The van der Waals surface area contributed by atoms with E-state index in [9.17, 15) is 8.42 Å². The van der Waals surface area contributed by atoms with Crippen molar-refractivity contribution in [2.75, 3.05) is 0 Å². The van der Waals surface area contributed by atoms with E-state index in [0.717, 1.165) is 4.88 Å². The predicted molar refractivity (Wildman–Crippen MR) is 65.4 cm³/mol. The Bertz CT molecular complexity index is 632. The second kappa shape index (κ2) is 5.14. The van der Waals surface area contributed by atoms with Crippen LogP contribution >= 0.6 is 11.3 Å². The van der Waals surface area contributed by atoms with Crippen LogP contribution in [0.15, 0.2) is 17.4 Å². The lowest BCUT2D eigenvalue weighted by Crippen LogP contribution is -2.24. The molecule has 0 spiro atoms. The Balaban J connectivity index is 2.13. The fraction of sp³-hybridized carbons (Fsp3) is 0.333. The lowest BCUT2D eigenvalue weighted by Gasteiger charge is -2.04. The number of thiazole rings is 1. The van der Waals surface area contributed by atoms with Crippen molar-refractivity contribution in [3.05, 3.63) is 27.8 Å². The highest BCUT2D eigenvalue weighted by molar-refractivity contribution is 7.89. The number of H-pyrrole nitrogens is 1. The van der Waals surface area contributed by atoms with Crippen molar-refractivity contribution < 1.29 is 13.5 Å². The van der Waals surface area contributed by atoms with Crippen molar-refractivity contribution in [2.45, 2.75) is 25.1 Å². The SMILES string of the molecule is Cc1cnc(CNS(=O)(=O)c2[nH]ncc2CO)s1. The molecule has 0 unspecified atom stereocenters. The molecule has 0 aliphatic carbocycles. The fourth-order valence-electron chi connectivity index (χ4n) is 1.36. The molecule has 0 saturated carbocycles. The maximum atomic E-state index is 11.9. The Morgan fingerprint density at radius 1 is 1.50 bits per heavy atom. The molecule has 0 aliphatic heterocycles. The van der Waals surface area contributed by atoms with Crippen LogP contribution in [0.1, 0.15) is 15.4 Å². The monoisotopic (exact) mass is 288 g/mol. The normalized spacial score (nSPS) is 11.9. The lowest BCUT2D eigenvalue weighted by atomic mass is 10.4. The van der Waals surface area contributed by atoms with Gasteiger partial charge in [0.2, 0.25) is 0 Å². The number of nitrogens with zero attached hydrogens (tertiary/aromatic N) is 2. The quantitative estimate of drug-likeness (QED) is 0.725. The van der Waals surface area contributed by atoms with Gasteiger partial charge < -0.3 is 5.11 Å². The summed E-state index contributed by atoms with van der Waals surface area (Å²) in [7, 11) is -3.71. The number of aliphatic hydroxyl groups is 1. The molecular weight excluding hydrogens is 276 g/mol. The Morgan fingerprint density at radius 2 is 2.28 bits per heavy atom. The van der Waals surface area contributed by atoms with E-state index in [4.69, 9.17) is 5.11 Å². The Morgan fingerprint density at radius 3 is 2.89 bits per heavy atom. The van der Waals surface area contributed by atoms with Gasteiger partial charge in [0.15, 0.2) is 5.03 Å². The second-order valence-electron chi connectivity index (χ2n) is 3.57. The van der Waals surface area contributed by atoms with E-state index >= 15 is 0 Å². The van der Waals surface area contributed by atoms with Gasteiger partial charge in [-0.05, 0) is 6.92 Å². The van der Waals surface area contributed by atoms with Gasteiger partial charge in [-0.2, -0.15) is 5.10 Å². The third kappa shape index (κ3) is 2.75. The standard InChI is InChI=1S/C9H12N4O3S2/c1-6-2-10-8(17-6)4-12-18(15,16)9-7(5-14)3-11-13-9/h2-3,12,14H,4-5H2,1H3,(H,11,13). The van der Waals surface area contributed by atoms with E-state index in [1.54, 1.807) is 6.20 Å². The molecule has 0 aromatic carbocycles. The van der Waals surface area contributed by atoms with Crippen LogP contribution in [0.5, 0.6) is 0 Å². The van der Waals surface area contributed by atoms with Crippen molar-refractivity contribution >= 4 is 21.4 Å². The molecule has 0 amide bonds. The van der Waals surface area contributed by atoms with Gasteiger partial charge in [-0.3, -0.25) is 5.10 Å². The van der Waals surface area contributed by atoms with Gasteiger partial charge in [-0.1, -0.05) is 0 Å². The highest BCUT2D eigenvalue weighted by atomic mass is 32.2. The highest BCUT2D eigenvalue weighted by Gasteiger charge is 2.20. The molecule has 2 aromatic rings. The van der Waals surface area contributed by atoms with Crippen LogP contribution in [0.4, 0.5) is 0 Å². The predicted octanol–water partition coefficient (Wildman–Crippen LogP) is 0.145. The number of hydrogen-bond acceptors (Lipinski definition) is 6. The van der Waals surface area contributed by atoms with E-state index in [2.05, 4.69) is 19.9 Å². The molecule has 2 rings (SSSR count). The molecule has 0 fully saturated rings. The minimum atomic E-state index is -3.71. The summed E-state index contributed by atoms with van der Waals surface area (Å²) in [4.78, 5) is 5.07. The summed E-state index contributed by atoms with van der Waals surface area (Å²) in [5.41, 5.74) is 0.234. The minimum absolute atomic E-state index is 0.113. The average Bonchev–Trinajstić information content (AvgIpc) is 2.95. The van der Waals surface area contributed by atoms with E-state index < -0.39 is 10.0 Å². The number of aromatic amines is 1. The minimum Gasteiger partial charge on any atom is -0.392 e. The summed E-state index contributed by atoms with van der Waals surface area (Å²) < 4.78 is 26.3. The van der Waals surface area contributed by atoms with Crippen molar-refractivity contribution in [3.8, 4) is 0 Å². The molecule has 3 N–H and O–H groups in total. The molecule has 7 nitrogen and oxygen atoms in total. The molecule has 0 atom stereocenters. The van der Waals surface area contributed by atoms with Crippen LogP contribution in [0.2, 0.25) is 0 Å². The number of nitrogens with one attached hydrogen (secondary N) is 2. The Hall–Kier alpha value is -1.29. The highest BCUT2D eigenvalue weighted by Crippen LogP contribution is 2.14. The molecule has 0 bridgehead atoms. The van der Waals surface area contributed by atoms with Crippen LogP contribution in [0, 0.1) is 6.92 Å². The number of rotatable bonds is 5. The first-order valence-electron chi connectivity index (χ1n) is 5.07.